The number of pyridine rings is 1. The van der Waals surface area contributed by atoms with Crippen LogP contribution in [-0.2, 0) is 20.2 Å². The molecule has 10 heteroatoms. The van der Waals surface area contributed by atoms with E-state index in [2.05, 4.69) is 20.0 Å². The Bertz CT molecular complexity index is 1220. The minimum atomic E-state index is -3.40. The topological polar surface area (TPSA) is 101 Å². The number of benzene rings is 1. The van der Waals surface area contributed by atoms with Crippen LogP contribution in [0.2, 0.25) is 0 Å². The lowest BCUT2D eigenvalue weighted by molar-refractivity contribution is -0.120. The van der Waals surface area contributed by atoms with Crippen molar-refractivity contribution >= 4 is 38.1 Å². The van der Waals surface area contributed by atoms with Gasteiger partial charge in [0.25, 0.3) is 0 Å². The third kappa shape index (κ3) is 4.59. The molecule has 0 unspecified atom stereocenters. The maximum Gasteiger partial charge on any atom is 0.237 e. The first-order valence-electron chi connectivity index (χ1n) is 9.67. The SMILES string of the molecule is CC(C)(C(=O)Nc1ccc(-c2cccnc2F)cc1)c1csc(NS(=O)(=O)C2CC2)n1. The number of carbonyl (C=O) groups is 1. The molecule has 1 aromatic carbocycles. The van der Waals surface area contributed by atoms with Crippen molar-refractivity contribution in [1.29, 1.82) is 0 Å². The van der Waals surface area contributed by atoms with E-state index in [0.717, 1.165) is 11.3 Å². The first-order valence-corrected chi connectivity index (χ1v) is 12.1. The molecule has 31 heavy (non-hydrogen) atoms. The van der Waals surface area contributed by atoms with Crippen LogP contribution in [0.4, 0.5) is 15.2 Å². The second-order valence-electron chi connectivity index (χ2n) is 7.88. The Morgan fingerprint density at radius 1 is 1.19 bits per heavy atom. The van der Waals surface area contributed by atoms with E-state index in [0.29, 0.717) is 35.3 Å². The fourth-order valence-electron chi connectivity index (χ4n) is 2.93. The van der Waals surface area contributed by atoms with Crippen molar-refractivity contribution in [2.75, 3.05) is 10.0 Å². The van der Waals surface area contributed by atoms with Crippen molar-refractivity contribution in [3.63, 3.8) is 0 Å². The van der Waals surface area contributed by atoms with Gasteiger partial charge in [-0.15, -0.1) is 11.3 Å². The summed E-state index contributed by atoms with van der Waals surface area (Å²) in [4.78, 5) is 20.9. The van der Waals surface area contributed by atoms with Gasteiger partial charge in [0.2, 0.25) is 21.9 Å². The molecule has 0 saturated heterocycles. The van der Waals surface area contributed by atoms with Crippen LogP contribution in [0.3, 0.4) is 0 Å². The summed E-state index contributed by atoms with van der Waals surface area (Å²) in [5.74, 6) is -0.855. The predicted octanol–water partition coefficient (Wildman–Crippen LogP) is 4.16. The van der Waals surface area contributed by atoms with Crippen molar-refractivity contribution in [3.8, 4) is 11.1 Å². The smallest absolute Gasteiger partial charge is 0.237 e. The largest absolute Gasteiger partial charge is 0.325 e. The molecular weight excluding hydrogens is 439 g/mol. The van der Waals surface area contributed by atoms with E-state index in [-0.39, 0.29) is 16.3 Å². The number of anilines is 2. The van der Waals surface area contributed by atoms with E-state index in [1.165, 1.54) is 6.20 Å². The van der Waals surface area contributed by atoms with E-state index in [9.17, 15) is 17.6 Å². The fraction of sp³-hybridized carbons (Fsp3) is 0.286. The maximum absolute atomic E-state index is 13.9. The number of thiazole rings is 1. The lowest BCUT2D eigenvalue weighted by Crippen LogP contribution is -2.35. The molecule has 2 heterocycles. The molecule has 162 valence electrons. The molecule has 0 radical (unpaired) electrons. The number of rotatable bonds is 7. The lowest BCUT2D eigenvalue weighted by atomic mass is 9.89. The Morgan fingerprint density at radius 3 is 2.55 bits per heavy atom. The van der Waals surface area contributed by atoms with Gasteiger partial charge in [0.1, 0.15) is 0 Å². The summed E-state index contributed by atoms with van der Waals surface area (Å²) in [6, 6.07) is 10.1. The van der Waals surface area contributed by atoms with Crippen molar-refractivity contribution in [2.45, 2.75) is 37.4 Å². The summed E-state index contributed by atoms with van der Waals surface area (Å²) in [5.41, 5.74) is 1.06. The molecule has 0 atom stereocenters. The van der Waals surface area contributed by atoms with Crippen molar-refractivity contribution in [1.82, 2.24) is 9.97 Å². The second-order valence-corrected chi connectivity index (χ2v) is 10.7. The molecule has 1 aliphatic carbocycles. The molecule has 1 amide bonds. The van der Waals surface area contributed by atoms with E-state index >= 15 is 0 Å². The number of carbonyl (C=O) groups excluding carboxylic acids is 1. The zero-order valence-electron chi connectivity index (χ0n) is 16.9. The third-order valence-corrected chi connectivity index (χ3v) is 7.83. The summed E-state index contributed by atoms with van der Waals surface area (Å²) in [5, 5.41) is 4.42. The molecule has 2 aromatic heterocycles. The molecule has 3 aromatic rings. The van der Waals surface area contributed by atoms with Gasteiger partial charge in [-0.1, -0.05) is 12.1 Å². The second kappa shape index (κ2) is 8.01. The van der Waals surface area contributed by atoms with Crippen molar-refractivity contribution in [2.24, 2.45) is 0 Å². The van der Waals surface area contributed by atoms with E-state index in [4.69, 9.17) is 0 Å². The number of hydrogen-bond acceptors (Lipinski definition) is 6. The van der Waals surface area contributed by atoms with Gasteiger partial charge in [-0.25, -0.2) is 18.4 Å². The van der Waals surface area contributed by atoms with Gasteiger partial charge < -0.3 is 5.32 Å². The first-order chi connectivity index (χ1) is 14.7. The number of hydrogen-bond donors (Lipinski definition) is 2. The van der Waals surface area contributed by atoms with Crippen LogP contribution in [0.1, 0.15) is 32.4 Å². The number of nitrogens with one attached hydrogen (secondary N) is 2. The summed E-state index contributed by atoms with van der Waals surface area (Å²) in [6.07, 6.45) is 2.71. The van der Waals surface area contributed by atoms with Crippen LogP contribution >= 0.6 is 11.3 Å². The van der Waals surface area contributed by atoms with E-state index < -0.39 is 21.4 Å². The molecule has 7 nitrogen and oxygen atoms in total. The van der Waals surface area contributed by atoms with Crippen LogP contribution in [0.15, 0.2) is 48.0 Å². The molecule has 1 fully saturated rings. The number of sulfonamides is 1. The van der Waals surface area contributed by atoms with Gasteiger partial charge in [0.05, 0.1) is 16.4 Å². The van der Waals surface area contributed by atoms with Crippen LogP contribution < -0.4 is 10.0 Å². The zero-order valence-corrected chi connectivity index (χ0v) is 18.6. The molecule has 1 saturated carbocycles. The molecule has 0 spiro atoms. The highest BCUT2D eigenvalue weighted by molar-refractivity contribution is 7.93. The van der Waals surface area contributed by atoms with Crippen LogP contribution in [0.25, 0.3) is 11.1 Å². The Morgan fingerprint density at radius 2 is 1.90 bits per heavy atom. The number of aromatic nitrogens is 2. The predicted molar refractivity (Wildman–Crippen MR) is 119 cm³/mol. The quantitative estimate of drug-likeness (QED) is 0.516. The molecule has 0 aliphatic heterocycles. The standard InChI is InChI=1S/C21H21FN4O3S2/c1-21(2,17-12-30-20(25-17)26-31(28,29)15-9-10-15)19(27)24-14-7-5-13(6-8-14)16-4-3-11-23-18(16)22/h3-8,11-12,15H,9-10H2,1-2H3,(H,24,27)(H,25,26). The Hall–Kier alpha value is -2.85. The summed E-state index contributed by atoms with van der Waals surface area (Å²) < 4.78 is 40.5. The fourth-order valence-corrected chi connectivity index (χ4v) is 5.40. The minimum Gasteiger partial charge on any atom is -0.325 e. The molecule has 4 rings (SSSR count). The highest BCUT2D eigenvalue weighted by Gasteiger charge is 2.37. The molecule has 0 bridgehead atoms. The highest BCUT2D eigenvalue weighted by Crippen LogP contribution is 2.33. The lowest BCUT2D eigenvalue weighted by Gasteiger charge is -2.21. The average molecular weight is 461 g/mol. The van der Waals surface area contributed by atoms with Gasteiger partial charge in [-0.3, -0.25) is 9.52 Å². The minimum absolute atomic E-state index is 0.255. The molecule has 2 N–H and O–H groups in total. The highest BCUT2D eigenvalue weighted by atomic mass is 32.2. The monoisotopic (exact) mass is 460 g/mol. The zero-order chi connectivity index (χ0) is 22.2. The van der Waals surface area contributed by atoms with Gasteiger partial charge in [0, 0.05) is 22.8 Å². The van der Waals surface area contributed by atoms with Crippen LogP contribution in [0, 0.1) is 5.95 Å². The Kier molecular flexibility index (Phi) is 5.52. The van der Waals surface area contributed by atoms with Crippen LogP contribution in [0.5, 0.6) is 0 Å². The summed E-state index contributed by atoms with van der Waals surface area (Å²) in [7, 11) is -3.40. The van der Waals surface area contributed by atoms with E-state index in [1.54, 1.807) is 55.6 Å². The van der Waals surface area contributed by atoms with Gasteiger partial charge in [-0.2, -0.15) is 4.39 Å². The maximum atomic E-state index is 13.9. The number of halogens is 1. The number of amides is 1. The van der Waals surface area contributed by atoms with E-state index in [1.807, 2.05) is 0 Å². The average Bonchev–Trinajstić information content (AvgIpc) is 3.50. The van der Waals surface area contributed by atoms with Crippen LogP contribution in [-0.4, -0.2) is 29.5 Å². The van der Waals surface area contributed by atoms with Gasteiger partial charge in [-0.05, 0) is 56.5 Å². The summed E-state index contributed by atoms with van der Waals surface area (Å²) >= 11 is 1.15. The Balaban J connectivity index is 1.46. The number of nitrogens with zero attached hydrogens (tertiary/aromatic N) is 2. The first kappa shape index (κ1) is 21.4. The Labute approximate surface area is 183 Å². The third-order valence-electron chi connectivity index (χ3n) is 5.12. The van der Waals surface area contributed by atoms with Crippen molar-refractivity contribution < 1.29 is 17.6 Å². The van der Waals surface area contributed by atoms with Gasteiger partial charge in [0.15, 0.2) is 5.13 Å². The molecular formula is C21H21FN4O3S2. The van der Waals surface area contributed by atoms with Crippen molar-refractivity contribution in [3.05, 3.63) is 59.6 Å². The molecule has 1 aliphatic rings. The summed E-state index contributed by atoms with van der Waals surface area (Å²) in [6.45, 7) is 3.44. The van der Waals surface area contributed by atoms with Gasteiger partial charge >= 0.3 is 0 Å². The normalized spacial score (nSPS) is 14.3.